The van der Waals surface area contributed by atoms with Crippen molar-refractivity contribution in [2.24, 2.45) is 5.92 Å². The maximum Gasteiger partial charge on any atom is 0.338 e. The van der Waals surface area contributed by atoms with Crippen LogP contribution in [0, 0.1) is 5.92 Å². The maximum atomic E-state index is 11.0. The molecule has 1 rings (SSSR count). The summed E-state index contributed by atoms with van der Waals surface area (Å²) in [7, 11) is 0. The first-order valence-corrected chi connectivity index (χ1v) is 3.69. The molecule has 0 spiro atoms. The highest BCUT2D eigenvalue weighted by Gasteiger charge is 2.23. The van der Waals surface area contributed by atoms with Crippen LogP contribution in [-0.2, 0) is 9.53 Å². The normalized spacial score (nSPS) is 17.5. The average molecular weight is 152 g/mol. The third-order valence-corrected chi connectivity index (χ3v) is 1.83. The van der Waals surface area contributed by atoms with Crippen LogP contribution >= 0.6 is 0 Å². The lowest BCUT2D eigenvalue weighted by Crippen LogP contribution is -1.96. The molecule has 0 aliphatic carbocycles. The van der Waals surface area contributed by atoms with E-state index in [0.29, 0.717) is 18.1 Å². The van der Waals surface area contributed by atoms with Crippen molar-refractivity contribution in [3.63, 3.8) is 0 Å². The molecule has 1 aliphatic rings. The lowest BCUT2D eigenvalue weighted by molar-refractivity contribution is -0.135. The second kappa shape index (κ2) is 2.91. The second-order valence-electron chi connectivity index (χ2n) is 2.87. The van der Waals surface area contributed by atoms with Gasteiger partial charge in [-0.05, 0) is 11.5 Å². The zero-order chi connectivity index (χ0) is 8.43. The minimum absolute atomic E-state index is 0.233. The summed E-state index contributed by atoms with van der Waals surface area (Å²) in [5, 5.41) is 0. The molecule has 0 N–H and O–H groups in total. The Kier molecular flexibility index (Phi) is 2.13. The maximum absolute atomic E-state index is 11.0. The van der Waals surface area contributed by atoms with E-state index in [-0.39, 0.29) is 5.97 Å². The molecule has 0 atom stereocenters. The summed E-state index contributed by atoms with van der Waals surface area (Å²) in [5.41, 5.74) is 1.71. The zero-order valence-corrected chi connectivity index (χ0v) is 6.89. The predicted octanol–water partition coefficient (Wildman–Crippen LogP) is 1.68. The molecule has 11 heavy (non-hydrogen) atoms. The topological polar surface area (TPSA) is 26.3 Å². The fourth-order valence-electron chi connectivity index (χ4n) is 1.12. The van der Waals surface area contributed by atoms with Gasteiger partial charge in [-0.1, -0.05) is 26.5 Å². The zero-order valence-electron chi connectivity index (χ0n) is 6.89. The summed E-state index contributed by atoms with van der Waals surface area (Å²) in [6, 6.07) is 0. The first kappa shape index (κ1) is 8.05. The lowest BCUT2D eigenvalue weighted by Gasteiger charge is -2.03. The Morgan fingerprint density at radius 3 is 2.64 bits per heavy atom. The molecule has 1 heterocycles. The molecular weight excluding hydrogens is 140 g/mol. The first-order valence-electron chi connectivity index (χ1n) is 3.69. The van der Waals surface area contributed by atoms with Gasteiger partial charge in [-0.25, -0.2) is 4.79 Å². The van der Waals surface area contributed by atoms with Crippen molar-refractivity contribution in [3.05, 3.63) is 23.8 Å². The second-order valence-corrected chi connectivity index (χ2v) is 2.87. The number of carbonyl (C=O) groups is 1. The lowest BCUT2D eigenvalue weighted by atomic mass is 10.00. The van der Waals surface area contributed by atoms with E-state index in [0.717, 1.165) is 5.57 Å². The monoisotopic (exact) mass is 152 g/mol. The molecular formula is C9H12O2. The predicted molar refractivity (Wildman–Crippen MR) is 43.0 cm³/mol. The molecule has 1 aliphatic heterocycles. The fraction of sp³-hybridized carbons (Fsp3) is 0.444. The van der Waals surface area contributed by atoms with Gasteiger partial charge in [0, 0.05) is 0 Å². The molecule has 0 radical (unpaired) electrons. The molecule has 60 valence electrons. The molecule has 0 aromatic heterocycles. The number of rotatable bonds is 2. The molecule has 0 saturated heterocycles. The molecule has 0 saturated carbocycles. The first-order chi connectivity index (χ1) is 5.16. The Hall–Kier alpha value is -1.05. The fourth-order valence-corrected chi connectivity index (χ4v) is 1.12. The van der Waals surface area contributed by atoms with Crippen molar-refractivity contribution in [1.82, 2.24) is 0 Å². The van der Waals surface area contributed by atoms with E-state index in [1.165, 1.54) is 0 Å². The Labute approximate surface area is 66.5 Å². The molecule has 0 amide bonds. The van der Waals surface area contributed by atoms with Crippen LogP contribution in [0.4, 0.5) is 0 Å². The minimum atomic E-state index is -0.233. The van der Waals surface area contributed by atoms with Crippen molar-refractivity contribution < 1.29 is 9.53 Å². The van der Waals surface area contributed by atoms with Crippen LogP contribution in [0.3, 0.4) is 0 Å². The molecule has 0 aromatic rings. The van der Waals surface area contributed by atoms with E-state index >= 15 is 0 Å². The molecule has 2 heteroatoms. The quantitative estimate of drug-likeness (QED) is 0.563. The summed E-state index contributed by atoms with van der Waals surface area (Å²) >= 11 is 0. The van der Waals surface area contributed by atoms with Gasteiger partial charge in [-0.3, -0.25) is 0 Å². The Morgan fingerprint density at radius 1 is 1.64 bits per heavy atom. The molecule has 0 unspecified atom stereocenters. The van der Waals surface area contributed by atoms with Gasteiger partial charge in [0.05, 0.1) is 5.57 Å². The van der Waals surface area contributed by atoms with Crippen LogP contribution in [0.2, 0.25) is 0 Å². The van der Waals surface area contributed by atoms with E-state index in [1.54, 1.807) is 6.08 Å². The van der Waals surface area contributed by atoms with E-state index in [1.807, 2.05) is 13.8 Å². The Balaban J connectivity index is 2.97. The number of carbonyl (C=O) groups excluding carboxylic acids is 1. The number of ether oxygens (including phenoxy) is 1. The van der Waals surface area contributed by atoms with Crippen molar-refractivity contribution in [2.45, 2.75) is 13.8 Å². The summed E-state index contributed by atoms with van der Waals surface area (Å²) < 4.78 is 4.85. The van der Waals surface area contributed by atoms with Crippen molar-refractivity contribution in [2.75, 3.05) is 6.61 Å². The van der Waals surface area contributed by atoms with Crippen LogP contribution < -0.4 is 0 Å². The standard InChI is InChI=1S/C9H12O2/c1-4-7-8(6(2)3)5-11-9(7)10/h4,6H,1,5H2,2-3H3. The largest absolute Gasteiger partial charge is 0.458 e. The molecule has 0 aromatic carbocycles. The third kappa shape index (κ3) is 1.34. The van der Waals surface area contributed by atoms with Gasteiger partial charge in [0.2, 0.25) is 0 Å². The van der Waals surface area contributed by atoms with Crippen LogP contribution in [0.15, 0.2) is 23.8 Å². The summed E-state index contributed by atoms with van der Waals surface area (Å²) in [6.45, 7) is 8.09. The highest BCUT2D eigenvalue weighted by Crippen LogP contribution is 2.22. The summed E-state index contributed by atoms with van der Waals surface area (Å²) in [6.07, 6.45) is 1.57. The van der Waals surface area contributed by atoms with Crippen molar-refractivity contribution >= 4 is 5.97 Å². The van der Waals surface area contributed by atoms with Crippen LogP contribution in [0.25, 0.3) is 0 Å². The van der Waals surface area contributed by atoms with E-state index in [4.69, 9.17) is 4.74 Å². The molecule has 0 fully saturated rings. The minimum Gasteiger partial charge on any atom is -0.458 e. The number of hydrogen-bond donors (Lipinski definition) is 0. The SMILES string of the molecule is C=CC1=C(C(C)C)COC1=O. The van der Waals surface area contributed by atoms with Crippen LogP contribution in [0.5, 0.6) is 0 Å². The van der Waals surface area contributed by atoms with Gasteiger partial charge >= 0.3 is 5.97 Å². The van der Waals surface area contributed by atoms with Gasteiger partial charge in [0.15, 0.2) is 0 Å². The number of esters is 1. The third-order valence-electron chi connectivity index (χ3n) is 1.83. The number of hydrogen-bond acceptors (Lipinski definition) is 2. The number of cyclic esters (lactones) is 1. The molecule has 0 bridgehead atoms. The van der Waals surface area contributed by atoms with Gasteiger partial charge in [0.1, 0.15) is 6.61 Å². The molecule has 2 nitrogen and oxygen atoms in total. The van der Waals surface area contributed by atoms with Crippen molar-refractivity contribution in [3.8, 4) is 0 Å². The Morgan fingerprint density at radius 2 is 2.27 bits per heavy atom. The van der Waals surface area contributed by atoms with E-state index in [2.05, 4.69) is 6.58 Å². The van der Waals surface area contributed by atoms with Gasteiger partial charge < -0.3 is 4.74 Å². The Bertz CT molecular complexity index is 224. The van der Waals surface area contributed by atoms with Gasteiger partial charge in [0.25, 0.3) is 0 Å². The summed E-state index contributed by atoms with van der Waals surface area (Å²) in [4.78, 5) is 11.0. The highest BCUT2D eigenvalue weighted by atomic mass is 16.5. The smallest absolute Gasteiger partial charge is 0.338 e. The van der Waals surface area contributed by atoms with E-state index < -0.39 is 0 Å². The average Bonchev–Trinajstić information content (AvgIpc) is 2.30. The van der Waals surface area contributed by atoms with E-state index in [9.17, 15) is 4.79 Å². The highest BCUT2D eigenvalue weighted by molar-refractivity contribution is 5.94. The summed E-state index contributed by atoms with van der Waals surface area (Å²) in [5.74, 6) is 0.137. The van der Waals surface area contributed by atoms with Gasteiger partial charge in [-0.2, -0.15) is 0 Å². The van der Waals surface area contributed by atoms with Crippen molar-refractivity contribution in [1.29, 1.82) is 0 Å². The van der Waals surface area contributed by atoms with Crippen LogP contribution in [-0.4, -0.2) is 12.6 Å². The van der Waals surface area contributed by atoms with Crippen LogP contribution in [0.1, 0.15) is 13.8 Å². The van der Waals surface area contributed by atoms with Gasteiger partial charge in [-0.15, -0.1) is 0 Å².